The Bertz CT molecular complexity index is 434. The van der Waals surface area contributed by atoms with Gasteiger partial charge in [0.1, 0.15) is 0 Å². The van der Waals surface area contributed by atoms with Crippen LogP contribution in [0.3, 0.4) is 0 Å². The maximum Gasteiger partial charge on any atom is 0.344 e. The van der Waals surface area contributed by atoms with Gasteiger partial charge in [-0.3, -0.25) is 10.1 Å². The van der Waals surface area contributed by atoms with E-state index in [0.29, 0.717) is 0 Å². The van der Waals surface area contributed by atoms with E-state index in [0.717, 1.165) is 6.07 Å². The van der Waals surface area contributed by atoms with Gasteiger partial charge >= 0.3 is 11.7 Å². The number of ether oxygens (including phenoxy) is 1. The van der Waals surface area contributed by atoms with Crippen molar-refractivity contribution in [1.82, 2.24) is 0 Å². The van der Waals surface area contributed by atoms with E-state index in [9.17, 15) is 14.9 Å². The van der Waals surface area contributed by atoms with E-state index in [2.05, 4.69) is 0 Å². The standard InChI is InChI=1S/C9H8ClNO5/c1-5(9(12)13)16-8-4-6(10)2-3-7(8)11(14)15/h2-5H,1H3,(H,12,13)/t5-/m0/s1. The van der Waals surface area contributed by atoms with Gasteiger partial charge in [-0.1, -0.05) is 11.6 Å². The van der Waals surface area contributed by atoms with Gasteiger partial charge in [-0.05, 0) is 13.0 Å². The largest absolute Gasteiger partial charge is 0.479 e. The van der Waals surface area contributed by atoms with Crippen LogP contribution >= 0.6 is 11.6 Å². The van der Waals surface area contributed by atoms with E-state index >= 15 is 0 Å². The Hall–Kier alpha value is -1.82. The fourth-order valence-corrected chi connectivity index (χ4v) is 1.14. The first-order chi connectivity index (χ1) is 7.41. The van der Waals surface area contributed by atoms with Crippen LogP contribution in [0.25, 0.3) is 0 Å². The van der Waals surface area contributed by atoms with Crippen molar-refractivity contribution in [2.45, 2.75) is 13.0 Å². The minimum absolute atomic E-state index is 0.160. The molecule has 0 aliphatic rings. The van der Waals surface area contributed by atoms with Crippen LogP contribution in [0.5, 0.6) is 5.75 Å². The fraction of sp³-hybridized carbons (Fsp3) is 0.222. The highest BCUT2D eigenvalue weighted by Crippen LogP contribution is 2.30. The number of nitro groups is 1. The Kier molecular flexibility index (Phi) is 3.68. The number of rotatable bonds is 4. The summed E-state index contributed by atoms with van der Waals surface area (Å²) in [5.41, 5.74) is -0.322. The van der Waals surface area contributed by atoms with Crippen molar-refractivity contribution < 1.29 is 19.6 Å². The predicted molar refractivity (Wildman–Crippen MR) is 55.8 cm³/mol. The normalized spacial score (nSPS) is 11.9. The molecule has 0 unspecified atom stereocenters. The zero-order chi connectivity index (χ0) is 12.3. The van der Waals surface area contributed by atoms with Crippen molar-refractivity contribution in [3.63, 3.8) is 0 Å². The van der Waals surface area contributed by atoms with Crippen molar-refractivity contribution in [3.8, 4) is 5.75 Å². The Morgan fingerprint density at radius 2 is 2.25 bits per heavy atom. The number of hydrogen-bond acceptors (Lipinski definition) is 4. The second kappa shape index (κ2) is 4.80. The summed E-state index contributed by atoms with van der Waals surface area (Å²) in [6, 6.07) is 3.70. The summed E-state index contributed by atoms with van der Waals surface area (Å²) < 4.78 is 4.92. The van der Waals surface area contributed by atoms with Crippen LogP contribution in [0.4, 0.5) is 5.69 Å². The van der Waals surface area contributed by atoms with Crippen molar-refractivity contribution in [1.29, 1.82) is 0 Å². The monoisotopic (exact) mass is 245 g/mol. The molecule has 0 amide bonds. The van der Waals surface area contributed by atoms with Gasteiger partial charge in [0.2, 0.25) is 0 Å². The SMILES string of the molecule is C[C@H](Oc1cc(Cl)ccc1[N+](=O)[O-])C(=O)O. The average Bonchev–Trinajstić information content (AvgIpc) is 2.16. The number of hydrogen-bond donors (Lipinski definition) is 1. The molecule has 1 aromatic rings. The summed E-state index contributed by atoms with van der Waals surface area (Å²) in [4.78, 5) is 20.5. The van der Waals surface area contributed by atoms with Gasteiger partial charge in [0.25, 0.3) is 0 Å². The molecule has 0 aromatic heterocycles. The molecule has 7 heteroatoms. The van der Waals surface area contributed by atoms with Gasteiger partial charge in [-0.15, -0.1) is 0 Å². The Labute approximate surface area is 95.6 Å². The summed E-state index contributed by atoms with van der Waals surface area (Å²) in [6.07, 6.45) is -1.18. The lowest BCUT2D eigenvalue weighted by Gasteiger charge is -2.10. The molecule has 0 bridgehead atoms. The fourth-order valence-electron chi connectivity index (χ4n) is 0.974. The topological polar surface area (TPSA) is 89.7 Å². The van der Waals surface area contributed by atoms with Crippen LogP contribution in [0.15, 0.2) is 18.2 Å². The van der Waals surface area contributed by atoms with E-state index in [1.807, 2.05) is 0 Å². The zero-order valence-corrected chi connectivity index (χ0v) is 8.97. The summed E-state index contributed by atoms with van der Waals surface area (Å²) >= 11 is 5.63. The molecule has 0 aliphatic heterocycles. The van der Waals surface area contributed by atoms with Gasteiger partial charge in [0.05, 0.1) is 4.92 Å². The van der Waals surface area contributed by atoms with Crippen molar-refractivity contribution >= 4 is 23.3 Å². The number of carbonyl (C=O) groups is 1. The van der Waals surface area contributed by atoms with Crippen molar-refractivity contribution in [2.24, 2.45) is 0 Å². The molecule has 16 heavy (non-hydrogen) atoms. The highest BCUT2D eigenvalue weighted by molar-refractivity contribution is 6.30. The number of nitro benzene ring substituents is 1. The van der Waals surface area contributed by atoms with E-state index in [1.165, 1.54) is 19.1 Å². The average molecular weight is 246 g/mol. The molecule has 0 saturated heterocycles. The molecule has 0 spiro atoms. The molecule has 86 valence electrons. The highest BCUT2D eigenvalue weighted by atomic mass is 35.5. The van der Waals surface area contributed by atoms with E-state index < -0.39 is 17.0 Å². The van der Waals surface area contributed by atoms with Gasteiger partial charge in [-0.25, -0.2) is 4.79 Å². The number of benzene rings is 1. The molecular weight excluding hydrogens is 238 g/mol. The number of halogens is 1. The molecule has 1 N–H and O–H groups in total. The van der Waals surface area contributed by atoms with Crippen molar-refractivity contribution in [2.75, 3.05) is 0 Å². The van der Waals surface area contributed by atoms with Gasteiger partial charge in [0.15, 0.2) is 11.9 Å². The Morgan fingerprint density at radius 1 is 1.62 bits per heavy atom. The highest BCUT2D eigenvalue weighted by Gasteiger charge is 2.20. The summed E-state index contributed by atoms with van der Waals surface area (Å²) in [7, 11) is 0. The summed E-state index contributed by atoms with van der Waals surface area (Å²) in [6.45, 7) is 1.27. The van der Waals surface area contributed by atoms with E-state index in [4.69, 9.17) is 21.4 Å². The lowest BCUT2D eigenvalue weighted by atomic mass is 10.3. The maximum absolute atomic E-state index is 10.6. The van der Waals surface area contributed by atoms with E-state index in [1.54, 1.807) is 0 Å². The van der Waals surface area contributed by atoms with Crippen LogP contribution < -0.4 is 4.74 Å². The molecule has 6 nitrogen and oxygen atoms in total. The number of carboxylic acids is 1. The zero-order valence-electron chi connectivity index (χ0n) is 8.21. The molecule has 1 aromatic carbocycles. The maximum atomic E-state index is 10.6. The summed E-state index contributed by atoms with van der Waals surface area (Å²) in [5, 5.41) is 19.5. The second-order valence-electron chi connectivity index (χ2n) is 2.97. The van der Waals surface area contributed by atoms with Crippen LogP contribution in [-0.4, -0.2) is 22.1 Å². The van der Waals surface area contributed by atoms with Crippen LogP contribution in [-0.2, 0) is 4.79 Å². The molecule has 0 fully saturated rings. The van der Waals surface area contributed by atoms with Gasteiger partial charge < -0.3 is 9.84 Å². The third-order valence-electron chi connectivity index (χ3n) is 1.77. The van der Waals surface area contributed by atoms with E-state index in [-0.39, 0.29) is 16.5 Å². The quantitative estimate of drug-likeness (QED) is 0.648. The number of carboxylic acid groups (broad SMARTS) is 1. The first-order valence-corrected chi connectivity index (χ1v) is 4.63. The minimum Gasteiger partial charge on any atom is -0.479 e. The second-order valence-corrected chi connectivity index (χ2v) is 3.40. The molecule has 1 rings (SSSR count). The van der Waals surface area contributed by atoms with Gasteiger partial charge in [0, 0.05) is 17.2 Å². The lowest BCUT2D eigenvalue weighted by Crippen LogP contribution is -2.23. The number of aliphatic carboxylic acids is 1. The Morgan fingerprint density at radius 3 is 2.75 bits per heavy atom. The van der Waals surface area contributed by atoms with Crippen molar-refractivity contribution in [3.05, 3.63) is 33.3 Å². The van der Waals surface area contributed by atoms with Crippen LogP contribution in [0, 0.1) is 10.1 Å². The third-order valence-corrected chi connectivity index (χ3v) is 2.01. The van der Waals surface area contributed by atoms with Crippen LogP contribution in [0.2, 0.25) is 5.02 Å². The lowest BCUT2D eigenvalue weighted by molar-refractivity contribution is -0.386. The Balaban J connectivity index is 3.05. The smallest absolute Gasteiger partial charge is 0.344 e. The minimum atomic E-state index is -1.21. The third kappa shape index (κ3) is 2.83. The summed E-state index contributed by atoms with van der Waals surface area (Å²) in [5.74, 6) is -1.37. The molecular formula is C9H8ClNO5. The molecule has 0 aliphatic carbocycles. The predicted octanol–water partition coefficient (Wildman–Crippen LogP) is 2.10. The van der Waals surface area contributed by atoms with Crippen LogP contribution in [0.1, 0.15) is 6.92 Å². The molecule has 0 saturated carbocycles. The molecule has 1 atom stereocenters. The first kappa shape index (κ1) is 12.3. The number of nitrogens with zero attached hydrogens (tertiary/aromatic N) is 1. The van der Waals surface area contributed by atoms with Gasteiger partial charge in [-0.2, -0.15) is 0 Å². The molecule has 0 heterocycles. The molecule has 0 radical (unpaired) electrons. The first-order valence-electron chi connectivity index (χ1n) is 4.25.